The highest BCUT2D eigenvalue weighted by Crippen LogP contribution is 2.55. The van der Waals surface area contributed by atoms with Crippen LogP contribution in [0.15, 0.2) is 30.3 Å². The topological polar surface area (TPSA) is 93.7 Å². The van der Waals surface area contributed by atoms with Crippen LogP contribution in [0.2, 0.25) is 0 Å². The number of imide groups is 1. The Labute approximate surface area is 176 Å². The maximum absolute atomic E-state index is 12.3. The van der Waals surface area contributed by atoms with E-state index in [0.29, 0.717) is 17.8 Å². The van der Waals surface area contributed by atoms with E-state index in [4.69, 9.17) is 9.47 Å². The first kappa shape index (κ1) is 20.4. The number of amides is 3. The molecule has 1 aromatic rings. The summed E-state index contributed by atoms with van der Waals surface area (Å²) in [6.07, 6.45) is 9.68. The molecule has 3 amide bonds. The van der Waals surface area contributed by atoms with Gasteiger partial charge in [0, 0.05) is 11.6 Å². The van der Waals surface area contributed by atoms with Crippen molar-refractivity contribution in [2.75, 3.05) is 13.7 Å². The van der Waals surface area contributed by atoms with Crippen LogP contribution in [0.1, 0.15) is 44.1 Å². The summed E-state index contributed by atoms with van der Waals surface area (Å²) in [6, 6.07) is 6.66. The van der Waals surface area contributed by atoms with Crippen LogP contribution >= 0.6 is 0 Å². The highest BCUT2D eigenvalue weighted by molar-refractivity contribution is 5.96. The van der Waals surface area contributed by atoms with Gasteiger partial charge in [-0.05, 0) is 80.1 Å². The molecule has 160 valence electrons. The Hall–Kier alpha value is -2.83. The number of hydrogen-bond donors (Lipinski definition) is 2. The molecule has 2 N–H and O–H groups in total. The predicted molar refractivity (Wildman–Crippen MR) is 111 cm³/mol. The predicted octanol–water partition coefficient (Wildman–Crippen LogP) is 3.05. The molecule has 7 nitrogen and oxygen atoms in total. The van der Waals surface area contributed by atoms with Gasteiger partial charge in [-0.25, -0.2) is 9.59 Å². The zero-order valence-corrected chi connectivity index (χ0v) is 17.2. The number of rotatable bonds is 6. The van der Waals surface area contributed by atoms with E-state index in [2.05, 4.69) is 10.6 Å². The lowest BCUT2D eigenvalue weighted by Crippen LogP contribution is -2.62. The lowest BCUT2D eigenvalue weighted by molar-refractivity contribution is -0.143. The third-order valence-corrected chi connectivity index (χ3v) is 6.54. The third-order valence-electron chi connectivity index (χ3n) is 6.54. The van der Waals surface area contributed by atoms with Crippen molar-refractivity contribution in [1.82, 2.24) is 10.6 Å². The van der Waals surface area contributed by atoms with Gasteiger partial charge in [0.05, 0.1) is 7.11 Å². The molecule has 0 radical (unpaired) electrons. The number of benzene rings is 1. The first-order chi connectivity index (χ1) is 14.4. The molecule has 4 saturated carbocycles. The summed E-state index contributed by atoms with van der Waals surface area (Å²) >= 11 is 0. The van der Waals surface area contributed by atoms with Crippen LogP contribution in [-0.4, -0.2) is 37.2 Å². The number of urea groups is 1. The molecule has 7 heteroatoms. The van der Waals surface area contributed by atoms with E-state index in [1.54, 1.807) is 37.5 Å². The van der Waals surface area contributed by atoms with Crippen LogP contribution in [0.5, 0.6) is 5.75 Å². The maximum Gasteiger partial charge on any atom is 0.331 e. The molecule has 0 saturated heterocycles. The lowest BCUT2D eigenvalue weighted by Gasteiger charge is -2.56. The molecule has 4 fully saturated rings. The van der Waals surface area contributed by atoms with Crippen molar-refractivity contribution in [3.8, 4) is 5.75 Å². The maximum atomic E-state index is 12.3. The number of carbonyl (C=O) groups is 3. The van der Waals surface area contributed by atoms with E-state index in [1.165, 1.54) is 25.3 Å². The third kappa shape index (κ3) is 4.83. The second kappa shape index (κ2) is 8.50. The minimum atomic E-state index is -0.650. The summed E-state index contributed by atoms with van der Waals surface area (Å²) in [6.45, 7) is -0.500. The standard InChI is InChI=1S/C23H28N2O5/c1-29-19-5-2-15(3-6-19)4-7-21(27)30-14-20(26)24-22(28)25-23-11-16-8-17(12-23)10-18(9-16)13-23/h2-7,16-18H,8-14H2,1H3,(H2,24,25,26,28)/b7-4+. The highest BCUT2D eigenvalue weighted by Gasteiger charge is 2.51. The number of nitrogens with one attached hydrogen (secondary N) is 2. The summed E-state index contributed by atoms with van der Waals surface area (Å²) in [4.78, 5) is 36.2. The van der Waals surface area contributed by atoms with Crippen LogP contribution in [-0.2, 0) is 14.3 Å². The average molecular weight is 412 g/mol. The Morgan fingerprint density at radius 3 is 2.20 bits per heavy atom. The van der Waals surface area contributed by atoms with Gasteiger partial charge in [0.25, 0.3) is 5.91 Å². The molecule has 0 unspecified atom stereocenters. The van der Waals surface area contributed by atoms with E-state index in [9.17, 15) is 14.4 Å². The normalized spacial score (nSPS) is 28.9. The van der Waals surface area contributed by atoms with Gasteiger partial charge in [0.1, 0.15) is 5.75 Å². The fraction of sp³-hybridized carbons (Fsp3) is 0.522. The Morgan fingerprint density at radius 1 is 1.03 bits per heavy atom. The molecule has 0 atom stereocenters. The number of methoxy groups -OCH3 is 1. The fourth-order valence-corrected chi connectivity index (χ4v) is 5.76. The van der Waals surface area contributed by atoms with Crippen molar-refractivity contribution < 1.29 is 23.9 Å². The van der Waals surface area contributed by atoms with Gasteiger partial charge >= 0.3 is 12.0 Å². The quantitative estimate of drug-likeness (QED) is 0.553. The van der Waals surface area contributed by atoms with E-state index < -0.39 is 24.5 Å². The summed E-state index contributed by atoms with van der Waals surface area (Å²) < 4.78 is 10.00. The van der Waals surface area contributed by atoms with Gasteiger partial charge in [-0.15, -0.1) is 0 Å². The zero-order chi connectivity index (χ0) is 21.1. The Balaban J connectivity index is 1.20. The molecular formula is C23H28N2O5. The molecule has 4 bridgehead atoms. The average Bonchev–Trinajstić information content (AvgIpc) is 2.69. The molecule has 4 aliphatic carbocycles. The number of ether oxygens (including phenoxy) is 2. The van der Waals surface area contributed by atoms with Crippen molar-refractivity contribution >= 4 is 24.0 Å². The fourth-order valence-electron chi connectivity index (χ4n) is 5.76. The molecular weight excluding hydrogens is 384 g/mol. The molecule has 30 heavy (non-hydrogen) atoms. The van der Waals surface area contributed by atoms with Crippen molar-refractivity contribution in [3.63, 3.8) is 0 Å². The summed E-state index contributed by atoms with van der Waals surface area (Å²) in [5, 5.41) is 5.36. The molecule has 0 heterocycles. The summed E-state index contributed by atoms with van der Waals surface area (Å²) in [5.41, 5.74) is 0.629. The first-order valence-electron chi connectivity index (χ1n) is 10.5. The summed E-state index contributed by atoms with van der Waals surface area (Å²) in [5.74, 6) is 1.53. The van der Waals surface area contributed by atoms with Gasteiger partial charge in [0.15, 0.2) is 6.61 Å². The van der Waals surface area contributed by atoms with E-state index in [1.807, 2.05) is 0 Å². The molecule has 4 aliphatic rings. The van der Waals surface area contributed by atoms with E-state index in [-0.39, 0.29) is 5.54 Å². The molecule has 5 rings (SSSR count). The Bertz CT molecular complexity index is 810. The van der Waals surface area contributed by atoms with Crippen LogP contribution in [0, 0.1) is 17.8 Å². The lowest BCUT2D eigenvalue weighted by atomic mass is 9.53. The molecule has 0 aliphatic heterocycles. The van der Waals surface area contributed by atoms with Crippen LogP contribution in [0.25, 0.3) is 6.08 Å². The van der Waals surface area contributed by atoms with Gasteiger partial charge in [-0.3, -0.25) is 10.1 Å². The van der Waals surface area contributed by atoms with Crippen LogP contribution in [0.3, 0.4) is 0 Å². The number of esters is 1. The van der Waals surface area contributed by atoms with Gasteiger partial charge in [-0.1, -0.05) is 12.1 Å². The van der Waals surface area contributed by atoms with E-state index >= 15 is 0 Å². The largest absolute Gasteiger partial charge is 0.497 e. The molecule has 1 aromatic carbocycles. The van der Waals surface area contributed by atoms with Crippen molar-refractivity contribution in [2.45, 2.75) is 44.1 Å². The van der Waals surface area contributed by atoms with Crippen molar-refractivity contribution in [1.29, 1.82) is 0 Å². The number of carbonyl (C=O) groups excluding carboxylic acids is 3. The zero-order valence-electron chi connectivity index (χ0n) is 17.2. The minimum absolute atomic E-state index is 0.170. The Morgan fingerprint density at radius 2 is 1.63 bits per heavy atom. The van der Waals surface area contributed by atoms with Crippen molar-refractivity contribution in [2.24, 2.45) is 17.8 Å². The van der Waals surface area contributed by atoms with Crippen molar-refractivity contribution in [3.05, 3.63) is 35.9 Å². The second-order valence-corrected chi connectivity index (χ2v) is 8.91. The SMILES string of the molecule is COc1ccc(/C=C/C(=O)OCC(=O)NC(=O)NC23CC4CC(CC(C4)C2)C3)cc1. The minimum Gasteiger partial charge on any atom is -0.497 e. The Kier molecular flexibility index (Phi) is 5.79. The van der Waals surface area contributed by atoms with Gasteiger partial charge in [-0.2, -0.15) is 0 Å². The van der Waals surface area contributed by atoms with Crippen LogP contribution in [0.4, 0.5) is 4.79 Å². The second-order valence-electron chi connectivity index (χ2n) is 8.91. The smallest absolute Gasteiger partial charge is 0.331 e. The van der Waals surface area contributed by atoms with Crippen LogP contribution < -0.4 is 15.4 Å². The first-order valence-corrected chi connectivity index (χ1v) is 10.5. The van der Waals surface area contributed by atoms with E-state index in [0.717, 1.165) is 30.6 Å². The van der Waals surface area contributed by atoms with Gasteiger partial charge in [0.2, 0.25) is 0 Å². The molecule has 0 spiro atoms. The summed E-state index contributed by atoms with van der Waals surface area (Å²) in [7, 11) is 1.58. The monoisotopic (exact) mass is 412 g/mol. The van der Waals surface area contributed by atoms with Gasteiger partial charge < -0.3 is 14.8 Å². The highest BCUT2D eigenvalue weighted by atomic mass is 16.5. The molecule has 0 aromatic heterocycles. The number of hydrogen-bond acceptors (Lipinski definition) is 5.